The fraction of sp³-hybridized carbons (Fsp3) is 0.611. The standard InChI is InChI=1S/C18H27BrN2O2/c1-14-13-15(3-5-17(14)19)4-6-18(22)21-10-7-16(8-11-21)23-12-2-9-20/h3,5,13,16H,2,4,6-12,20H2,1H3. The van der Waals surface area contributed by atoms with Gasteiger partial charge in [-0.25, -0.2) is 0 Å². The van der Waals surface area contributed by atoms with Crippen LogP contribution in [-0.2, 0) is 16.0 Å². The molecule has 2 N–H and O–H groups in total. The number of nitrogens with zero attached hydrogens (tertiary/aromatic N) is 1. The summed E-state index contributed by atoms with van der Waals surface area (Å²) >= 11 is 3.51. The highest BCUT2D eigenvalue weighted by atomic mass is 79.9. The molecule has 1 aliphatic rings. The van der Waals surface area contributed by atoms with Crippen molar-refractivity contribution in [3.05, 3.63) is 33.8 Å². The van der Waals surface area contributed by atoms with E-state index >= 15 is 0 Å². The fourth-order valence-corrected chi connectivity index (χ4v) is 3.12. The van der Waals surface area contributed by atoms with Crippen molar-refractivity contribution in [2.24, 2.45) is 5.73 Å². The summed E-state index contributed by atoms with van der Waals surface area (Å²) in [6, 6.07) is 6.29. The number of rotatable bonds is 7. The molecule has 4 nitrogen and oxygen atoms in total. The van der Waals surface area contributed by atoms with E-state index in [0.29, 0.717) is 19.1 Å². The van der Waals surface area contributed by atoms with Gasteiger partial charge in [0, 0.05) is 30.6 Å². The number of aryl methyl sites for hydroxylation is 2. The van der Waals surface area contributed by atoms with Gasteiger partial charge in [0.25, 0.3) is 0 Å². The monoisotopic (exact) mass is 382 g/mol. The number of hydrogen-bond donors (Lipinski definition) is 1. The molecule has 1 aliphatic heterocycles. The fourth-order valence-electron chi connectivity index (χ4n) is 2.88. The van der Waals surface area contributed by atoms with Gasteiger partial charge in [-0.1, -0.05) is 28.1 Å². The van der Waals surface area contributed by atoms with Gasteiger partial charge in [-0.15, -0.1) is 0 Å². The van der Waals surface area contributed by atoms with Crippen LogP contribution in [0.5, 0.6) is 0 Å². The van der Waals surface area contributed by atoms with Gasteiger partial charge in [0.1, 0.15) is 0 Å². The molecule has 0 bridgehead atoms. The number of amides is 1. The SMILES string of the molecule is Cc1cc(CCC(=O)N2CCC(OCCCN)CC2)ccc1Br. The molecule has 0 aliphatic carbocycles. The van der Waals surface area contributed by atoms with Crippen LogP contribution >= 0.6 is 15.9 Å². The molecule has 0 aromatic heterocycles. The molecule has 0 saturated carbocycles. The number of carbonyl (C=O) groups is 1. The van der Waals surface area contributed by atoms with Gasteiger partial charge in [-0.2, -0.15) is 0 Å². The van der Waals surface area contributed by atoms with Gasteiger partial charge in [-0.05, 0) is 56.3 Å². The lowest BCUT2D eigenvalue weighted by Gasteiger charge is -2.32. The Bertz CT molecular complexity index is 514. The predicted octanol–water partition coefficient (Wildman–Crippen LogP) is 3.05. The van der Waals surface area contributed by atoms with Crippen LogP contribution in [0.2, 0.25) is 0 Å². The molecular weight excluding hydrogens is 356 g/mol. The van der Waals surface area contributed by atoms with Gasteiger partial charge in [-0.3, -0.25) is 4.79 Å². The summed E-state index contributed by atoms with van der Waals surface area (Å²) in [6.45, 7) is 5.10. The third-order valence-electron chi connectivity index (χ3n) is 4.35. The van der Waals surface area contributed by atoms with Crippen LogP contribution in [0.4, 0.5) is 0 Å². The van der Waals surface area contributed by atoms with Crippen molar-refractivity contribution in [1.82, 2.24) is 4.90 Å². The Morgan fingerprint density at radius 3 is 2.78 bits per heavy atom. The van der Waals surface area contributed by atoms with E-state index in [9.17, 15) is 4.79 Å². The van der Waals surface area contributed by atoms with E-state index < -0.39 is 0 Å². The van der Waals surface area contributed by atoms with Crippen LogP contribution < -0.4 is 5.73 Å². The van der Waals surface area contributed by atoms with E-state index in [1.54, 1.807) is 0 Å². The number of likely N-dealkylation sites (tertiary alicyclic amines) is 1. The molecule has 1 aromatic carbocycles. The molecule has 1 fully saturated rings. The average Bonchev–Trinajstić information content (AvgIpc) is 2.56. The topological polar surface area (TPSA) is 55.6 Å². The second kappa shape index (κ2) is 9.40. The number of hydrogen-bond acceptors (Lipinski definition) is 3. The minimum Gasteiger partial charge on any atom is -0.378 e. The molecule has 1 aromatic rings. The van der Waals surface area contributed by atoms with E-state index in [-0.39, 0.29) is 5.91 Å². The third-order valence-corrected chi connectivity index (χ3v) is 5.24. The Morgan fingerprint density at radius 2 is 2.13 bits per heavy atom. The first-order valence-electron chi connectivity index (χ1n) is 8.44. The largest absolute Gasteiger partial charge is 0.378 e. The van der Waals surface area contributed by atoms with Crippen LogP contribution in [-0.4, -0.2) is 43.2 Å². The van der Waals surface area contributed by atoms with Crippen molar-refractivity contribution in [1.29, 1.82) is 0 Å². The van der Waals surface area contributed by atoms with Gasteiger partial charge in [0.15, 0.2) is 0 Å². The molecule has 2 rings (SSSR count). The predicted molar refractivity (Wildman–Crippen MR) is 96.4 cm³/mol. The molecule has 0 radical (unpaired) electrons. The van der Waals surface area contributed by atoms with Crippen LogP contribution in [0.1, 0.15) is 36.8 Å². The minimum atomic E-state index is 0.256. The highest BCUT2D eigenvalue weighted by molar-refractivity contribution is 9.10. The molecule has 0 spiro atoms. The second-order valence-corrected chi connectivity index (χ2v) is 7.03. The summed E-state index contributed by atoms with van der Waals surface area (Å²) in [4.78, 5) is 14.3. The van der Waals surface area contributed by atoms with E-state index in [4.69, 9.17) is 10.5 Å². The molecule has 128 valence electrons. The van der Waals surface area contributed by atoms with Gasteiger partial charge in [0.2, 0.25) is 5.91 Å². The van der Waals surface area contributed by atoms with Crippen LogP contribution in [0.3, 0.4) is 0 Å². The molecule has 1 heterocycles. The lowest BCUT2D eigenvalue weighted by atomic mass is 10.0. The molecule has 5 heteroatoms. The highest BCUT2D eigenvalue weighted by Crippen LogP contribution is 2.19. The summed E-state index contributed by atoms with van der Waals surface area (Å²) in [7, 11) is 0. The number of halogens is 1. The molecule has 23 heavy (non-hydrogen) atoms. The zero-order valence-corrected chi connectivity index (χ0v) is 15.5. The van der Waals surface area contributed by atoms with Gasteiger partial charge < -0.3 is 15.4 Å². The first kappa shape index (κ1) is 18.4. The Morgan fingerprint density at radius 1 is 1.39 bits per heavy atom. The molecule has 1 amide bonds. The number of piperidine rings is 1. The molecule has 0 unspecified atom stereocenters. The van der Waals surface area contributed by atoms with Crippen LogP contribution in [0, 0.1) is 6.92 Å². The molecule has 0 atom stereocenters. The van der Waals surface area contributed by atoms with E-state index in [1.165, 1.54) is 11.1 Å². The quantitative estimate of drug-likeness (QED) is 0.737. The first-order chi connectivity index (χ1) is 11.1. The van der Waals surface area contributed by atoms with Crippen molar-refractivity contribution < 1.29 is 9.53 Å². The summed E-state index contributed by atoms with van der Waals surface area (Å²) in [5.41, 5.74) is 7.90. The summed E-state index contributed by atoms with van der Waals surface area (Å²) in [5.74, 6) is 0.256. The van der Waals surface area contributed by atoms with E-state index in [1.807, 2.05) is 4.90 Å². The average molecular weight is 383 g/mol. The lowest BCUT2D eigenvalue weighted by molar-refractivity contribution is -0.133. The van der Waals surface area contributed by atoms with Crippen LogP contribution in [0.25, 0.3) is 0 Å². The Kier molecular flexibility index (Phi) is 7.53. The van der Waals surface area contributed by atoms with E-state index in [0.717, 1.165) is 49.9 Å². The highest BCUT2D eigenvalue weighted by Gasteiger charge is 2.22. The Balaban J connectivity index is 1.71. The van der Waals surface area contributed by atoms with Crippen LogP contribution in [0.15, 0.2) is 22.7 Å². The zero-order valence-electron chi connectivity index (χ0n) is 13.9. The number of carbonyl (C=O) groups excluding carboxylic acids is 1. The maximum atomic E-state index is 12.3. The molecule has 1 saturated heterocycles. The smallest absolute Gasteiger partial charge is 0.222 e. The first-order valence-corrected chi connectivity index (χ1v) is 9.24. The number of nitrogens with two attached hydrogens (primary N) is 1. The lowest BCUT2D eigenvalue weighted by Crippen LogP contribution is -2.41. The Hall–Kier alpha value is -0.910. The normalized spacial score (nSPS) is 15.9. The van der Waals surface area contributed by atoms with Gasteiger partial charge in [0.05, 0.1) is 6.10 Å². The van der Waals surface area contributed by atoms with E-state index in [2.05, 4.69) is 41.1 Å². The maximum Gasteiger partial charge on any atom is 0.222 e. The van der Waals surface area contributed by atoms with Crippen molar-refractivity contribution in [2.45, 2.75) is 45.1 Å². The third kappa shape index (κ3) is 5.90. The summed E-state index contributed by atoms with van der Waals surface area (Å²) in [6.07, 6.45) is 4.46. The zero-order chi connectivity index (χ0) is 16.7. The minimum absolute atomic E-state index is 0.256. The second-order valence-electron chi connectivity index (χ2n) is 6.18. The van der Waals surface area contributed by atoms with Crippen molar-refractivity contribution >= 4 is 21.8 Å². The number of benzene rings is 1. The molecular formula is C18H27BrN2O2. The van der Waals surface area contributed by atoms with Crippen molar-refractivity contribution in [2.75, 3.05) is 26.2 Å². The summed E-state index contributed by atoms with van der Waals surface area (Å²) in [5, 5.41) is 0. The number of ether oxygens (including phenoxy) is 1. The maximum absolute atomic E-state index is 12.3. The van der Waals surface area contributed by atoms with Crippen molar-refractivity contribution in [3.63, 3.8) is 0 Å². The van der Waals surface area contributed by atoms with Crippen molar-refractivity contribution in [3.8, 4) is 0 Å². The Labute approximate surface area is 147 Å². The summed E-state index contributed by atoms with van der Waals surface area (Å²) < 4.78 is 6.90. The van der Waals surface area contributed by atoms with Gasteiger partial charge >= 0.3 is 0 Å².